The van der Waals surface area contributed by atoms with Crippen LogP contribution in [0.15, 0.2) is 16.9 Å². The van der Waals surface area contributed by atoms with Gasteiger partial charge in [-0.1, -0.05) is 19.4 Å². The van der Waals surface area contributed by atoms with Crippen LogP contribution in [0.3, 0.4) is 0 Å². The van der Waals surface area contributed by atoms with Crippen molar-refractivity contribution in [2.45, 2.75) is 40.5 Å². The monoisotopic (exact) mass is 382 g/mol. The van der Waals surface area contributed by atoms with Gasteiger partial charge in [-0.2, -0.15) is 0 Å². The molecule has 1 heterocycles. The van der Waals surface area contributed by atoms with Gasteiger partial charge in [-0.05, 0) is 72.5 Å². The highest BCUT2D eigenvalue weighted by Crippen LogP contribution is 2.24. The first-order chi connectivity index (χ1) is 9.43. The van der Waals surface area contributed by atoms with Gasteiger partial charge in [-0.3, -0.25) is 4.79 Å². The van der Waals surface area contributed by atoms with Crippen LogP contribution in [-0.4, -0.2) is 9.97 Å². The van der Waals surface area contributed by atoms with Crippen molar-refractivity contribution in [3.05, 3.63) is 48.4 Å². The van der Waals surface area contributed by atoms with E-state index in [4.69, 9.17) is 0 Å². The summed E-state index contributed by atoms with van der Waals surface area (Å²) >= 11 is 2.08. The maximum absolute atomic E-state index is 12.1. The predicted octanol–water partition coefficient (Wildman–Crippen LogP) is 3.92. The van der Waals surface area contributed by atoms with Crippen LogP contribution >= 0.6 is 22.6 Å². The predicted molar refractivity (Wildman–Crippen MR) is 91.2 cm³/mol. The average Bonchev–Trinajstić information content (AvgIpc) is 2.39. The van der Waals surface area contributed by atoms with Crippen LogP contribution in [0, 0.1) is 24.3 Å². The van der Waals surface area contributed by atoms with Gasteiger partial charge in [0.1, 0.15) is 5.82 Å². The fourth-order valence-corrected chi connectivity index (χ4v) is 2.78. The van der Waals surface area contributed by atoms with Gasteiger partial charge in [0, 0.05) is 5.56 Å². The number of nitrogens with zero attached hydrogens (tertiary/aromatic N) is 1. The first kappa shape index (κ1) is 15.2. The maximum Gasteiger partial charge on any atom is 0.264 e. The van der Waals surface area contributed by atoms with Crippen LogP contribution in [0.2, 0.25) is 0 Å². The molecule has 0 saturated carbocycles. The standard InChI is InChI=1S/C16H19IN2O/c1-5-6-13-14(17)16(20)19-15(18-13)12-8-10(3)9(2)7-11(12)4/h7-8H,5-6H2,1-4H3,(H,18,19,20). The lowest BCUT2D eigenvalue weighted by Crippen LogP contribution is -2.16. The number of nitrogens with one attached hydrogen (secondary N) is 1. The molecule has 0 saturated heterocycles. The summed E-state index contributed by atoms with van der Waals surface area (Å²) in [6.45, 7) is 8.33. The lowest BCUT2D eigenvalue weighted by Gasteiger charge is -2.11. The zero-order valence-electron chi connectivity index (χ0n) is 12.3. The highest BCUT2D eigenvalue weighted by Gasteiger charge is 2.12. The second-order valence-corrected chi connectivity index (χ2v) is 6.26. The van der Waals surface area contributed by atoms with Crippen LogP contribution in [0.1, 0.15) is 35.7 Å². The Bertz CT molecular complexity index is 704. The van der Waals surface area contributed by atoms with E-state index in [-0.39, 0.29) is 5.56 Å². The number of benzene rings is 1. The van der Waals surface area contributed by atoms with Gasteiger partial charge in [0.2, 0.25) is 0 Å². The van der Waals surface area contributed by atoms with Gasteiger partial charge in [0.15, 0.2) is 0 Å². The van der Waals surface area contributed by atoms with Crippen LogP contribution in [-0.2, 0) is 6.42 Å². The van der Waals surface area contributed by atoms with Crippen LogP contribution in [0.5, 0.6) is 0 Å². The fraction of sp³-hybridized carbons (Fsp3) is 0.375. The molecule has 2 aromatic rings. The summed E-state index contributed by atoms with van der Waals surface area (Å²) in [5, 5.41) is 0. The molecule has 0 radical (unpaired) electrons. The smallest absolute Gasteiger partial charge is 0.264 e. The molecule has 0 aliphatic rings. The number of halogens is 1. The summed E-state index contributed by atoms with van der Waals surface area (Å²) in [6, 6.07) is 4.24. The summed E-state index contributed by atoms with van der Waals surface area (Å²) in [4.78, 5) is 19.6. The second-order valence-electron chi connectivity index (χ2n) is 5.18. The number of aromatic nitrogens is 2. The van der Waals surface area contributed by atoms with Crippen molar-refractivity contribution in [3.63, 3.8) is 0 Å². The number of rotatable bonds is 3. The van der Waals surface area contributed by atoms with E-state index in [0.29, 0.717) is 9.39 Å². The van der Waals surface area contributed by atoms with E-state index < -0.39 is 0 Å². The lowest BCUT2D eigenvalue weighted by atomic mass is 10.0. The molecular formula is C16H19IN2O. The number of aryl methyl sites for hydroxylation is 4. The van der Waals surface area contributed by atoms with E-state index in [1.54, 1.807) is 0 Å². The molecule has 2 rings (SSSR count). The van der Waals surface area contributed by atoms with Crippen LogP contribution in [0.25, 0.3) is 11.4 Å². The Hall–Kier alpha value is -1.17. The molecule has 0 aliphatic heterocycles. The minimum atomic E-state index is -0.0447. The molecule has 106 valence electrons. The number of hydrogen-bond acceptors (Lipinski definition) is 2. The van der Waals surface area contributed by atoms with Crippen molar-refractivity contribution in [2.75, 3.05) is 0 Å². The van der Waals surface area contributed by atoms with Gasteiger partial charge in [0.05, 0.1) is 9.26 Å². The Morgan fingerprint density at radius 3 is 2.45 bits per heavy atom. The largest absolute Gasteiger partial charge is 0.306 e. The van der Waals surface area contributed by atoms with Gasteiger partial charge in [-0.25, -0.2) is 4.98 Å². The third kappa shape index (κ3) is 2.95. The lowest BCUT2D eigenvalue weighted by molar-refractivity contribution is 0.859. The summed E-state index contributed by atoms with van der Waals surface area (Å²) in [6.07, 6.45) is 1.82. The molecule has 0 amide bonds. The third-order valence-electron chi connectivity index (χ3n) is 3.51. The SMILES string of the molecule is CCCc1nc(-c2cc(C)c(C)cc2C)[nH]c(=O)c1I. The minimum absolute atomic E-state index is 0.0447. The molecule has 0 aliphatic carbocycles. The van der Waals surface area contributed by atoms with Crippen molar-refractivity contribution < 1.29 is 0 Å². The Labute approximate surface area is 133 Å². The molecule has 3 nitrogen and oxygen atoms in total. The van der Waals surface area contributed by atoms with Crippen molar-refractivity contribution in [1.29, 1.82) is 0 Å². The quantitative estimate of drug-likeness (QED) is 0.818. The van der Waals surface area contributed by atoms with Gasteiger partial charge < -0.3 is 4.98 Å². The second kappa shape index (κ2) is 6.08. The highest BCUT2D eigenvalue weighted by molar-refractivity contribution is 14.1. The zero-order valence-corrected chi connectivity index (χ0v) is 14.5. The Morgan fingerprint density at radius 1 is 1.15 bits per heavy atom. The number of H-pyrrole nitrogens is 1. The Morgan fingerprint density at radius 2 is 1.80 bits per heavy atom. The van der Waals surface area contributed by atoms with E-state index in [1.165, 1.54) is 11.1 Å². The van der Waals surface area contributed by atoms with Gasteiger partial charge in [-0.15, -0.1) is 0 Å². The molecule has 4 heteroatoms. The van der Waals surface area contributed by atoms with Crippen molar-refractivity contribution in [3.8, 4) is 11.4 Å². The number of hydrogen-bond donors (Lipinski definition) is 1. The Balaban J connectivity index is 2.64. The number of aromatic amines is 1. The molecule has 1 N–H and O–H groups in total. The van der Waals surface area contributed by atoms with E-state index in [0.717, 1.165) is 29.7 Å². The van der Waals surface area contributed by atoms with E-state index in [1.807, 2.05) is 0 Å². The average molecular weight is 382 g/mol. The molecule has 0 spiro atoms. The van der Waals surface area contributed by atoms with E-state index in [2.05, 4.69) is 72.4 Å². The van der Waals surface area contributed by atoms with Gasteiger partial charge >= 0.3 is 0 Å². The fourth-order valence-electron chi connectivity index (χ4n) is 2.25. The molecular weight excluding hydrogens is 363 g/mol. The normalized spacial score (nSPS) is 10.8. The molecule has 20 heavy (non-hydrogen) atoms. The van der Waals surface area contributed by atoms with Crippen molar-refractivity contribution in [2.24, 2.45) is 0 Å². The summed E-state index contributed by atoms with van der Waals surface area (Å²) < 4.78 is 0.703. The molecule has 0 bridgehead atoms. The van der Waals surface area contributed by atoms with E-state index in [9.17, 15) is 4.79 Å². The highest BCUT2D eigenvalue weighted by atomic mass is 127. The first-order valence-corrected chi connectivity index (χ1v) is 7.88. The zero-order chi connectivity index (χ0) is 14.9. The third-order valence-corrected chi connectivity index (χ3v) is 4.63. The molecule has 1 aromatic heterocycles. The van der Waals surface area contributed by atoms with Crippen molar-refractivity contribution >= 4 is 22.6 Å². The summed E-state index contributed by atoms with van der Waals surface area (Å²) in [7, 11) is 0. The molecule has 1 aromatic carbocycles. The molecule has 0 unspecified atom stereocenters. The first-order valence-electron chi connectivity index (χ1n) is 6.81. The molecule has 0 fully saturated rings. The van der Waals surface area contributed by atoms with Crippen LogP contribution in [0.4, 0.5) is 0 Å². The van der Waals surface area contributed by atoms with Crippen molar-refractivity contribution in [1.82, 2.24) is 9.97 Å². The van der Waals surface area contributed by atoms with Gasteiger partial charge in [0.25, 0.3) is 5.56 Å². The summed E-state index contributed by atoms with van der Waals surface area (Å²) in [5.74, 6) is 0.680. The minimum Gasteiger partial charge on any atom is -0.306 e. The Kier molecular flexibility index (Phi) is 4.62. The topological polar surface area (TPSA) is 45.8 Å². The maximum atomic E-state index is 12.1. The van der Waals surface area contributed by atoms with Crippen LogP contribution < -0.4 is 5.56 Å². The summed E-state index contributed by atoms with van der Waals surface area (Å²) in [5.41, 5.74) is 5.47. The van der Waals surface area contributed by atoms with E-state index >= 15 is 0 Å². The molecule has 0 atom stereocenters.